The van der Waals surface area contributed by atoms with Crippen LogP contribution in [0.25, 0.3) is 0 Å². The molecule has 0 fully saturated rings. The SMILES string of the molecule is CCNC(=NCc1nc(C(F)(F)F)cs1)NCCCCNc1ccccn1.I. The summed E-state index contributed by atoms with van der Waals surface area (Å²) >= 11 is 0.961. The number of nitrogens with one attached hydrogen (secondary N) is 3. The molecule has 28 heavy (non-hydrogen) atoms. The molecule has 11 heteroatoms. The quantitative estimate of drug-likeness (QED) is 0.198. The lowest BCUT2D eigenvalue weighted by atomic mass is 10.3. The highest BCUT2D eigenvalue weighted by atomic mass is 127. The average molecular weight is 528 g/mol. The predicted octanol–water partition coefficient (Wildman–Crippen LogP) is 4.12. The molecule has 0 aliphatic heterocycles. The van der Waals surface area contributed by atoms with Gasteiger partial charge in [-0.25, -0.2) is 15.0 Å². The molecule has 0 aliphatic rings. The Bertz CT molecular complexity index is 708. The van der Waals surface area contributed by atoms with Gasteiger partial charge in [0.1, 0.15) is 10.8 Å². The molecule has 3 N–H and O–H groups in total. The van der Waals surface area contributed by atoms with Gasteiger partial charge < -0.3 is 16.0 Å². The molecule has 0 saturated carbocycles. The zero-order valence-electron chi connectivity index (χ0n) is 15.4. The van der Waals surface area contributed by atoms with Crippen LogP contribution < -0.4 is 16.0 Å². The Balaban J connectivity index is 0.00000392. The van der Waals surface area contributed by atoms with Crippen molar-refractivity contribution in [1.29, 1.82) is 0 Å². The molecule has 6 nitrogen and oxygen atoms in total. The summed E-state index contributed by atoms with van der Waals surface area (Å²) in [4.78, 5) is 12.1. The van der Waals surface area contributed by atoms with E-state index >= 15 is 0 Å². The molecule has 0 bridgehead atoms. The minimum Gasteiger partial charge on any atom is -0.370 e. The number of aromatic nitrogens is 2. The minimum atomic E-state index is -4.41. The molecule has 0 amide bonds. The fourth-order valence-electron chi connectivity index (χ4n) is 2.14. The number of pyridine rings is 1. The van der Waals surface area contributed by atoms with Crippen molar-refractivity contribution in [1.82, 2.24) is 20.6 Å². The van der Waals surface area contributed by atoms with Gasteiger partial charge in [0.15, 0.2) is 11.7 Å². The van der Waals surface area contributed by atoms with E-state index in [9.17, 15) is 13.2 Å². The van der Waals surface area contributed by atoms with E-state index in [4.69, 9.17) is 0 Å². The maximum Gasteiger partial charge on any atom is 0.434 e. The second-order valence-electron chi connectivity index (χ2n) is 5.60. The van der Waals surface area contributed by atoms with Crippen molar-refractivity contribution in [2.24, 2.45) is 4.99 Å². The molecular weight excluding hydrogens is 504 g/mol. The fourth-order valence-corrected chi connectivity index (χ4v) is 2.87. The molecule has 156 valence electrons. The Morgan fingerprint density at radius 3 is 2.61 bits per heavy atom. The number of hydrogen-bond donors (Lipinski definition) is 3. The molecule has 0 aromatic carbocycles. The standard InChI is InChI=1S/C17H23F3N6S.HI/c1-2-21-16(25-11-15-26-13(12-27-15)17(18,19)20)24-10-6-5-9-23-14-7-3-4-8-22-14;/h3-4,7-8,12H,2,5-6,9-11H2,1H3,(H,22,23)(H2,21,24,25);1H. The van der Waals surface area contributed by atoms with Crippen molar-refractivity contribution in [2.45, 2.75) is 32.5 Å². The first kappa shape index (κ1) is 24.4. The van der Waals surface area contributed by atoms with E-state index in [1.165, 1.54) is 0 Å². The second kappa shape index (κ2) is 12.8. The molecule has 0 atom stereocenters. The summed E-state index contributed by atoms with van der Waals surface area (Å²) in [6.07, 6.45) is -0.808. The summed E-state index contributed by atoms with van der Waals surface area (Å²) < 4.78 is 37.7. The number of thiazole rings is 1. The largest absolute Gasteiger partial charge is 0.434 e. The lowest BCUT2D eigenvalue weighted by Gasteiger charge is -2.11. The molecule has 2 aromatic heterocycles. The van der Waals surface area contributed by atoms with Gasteiger partial charge in [-0.2, -0.15) is 13.2 Å². The molecule has 0 aliphatic carbocycles. The van der Waals surface area contributed by atoms with Crippen LogP contribution in [0.2, 0.25) is 0 Å². The number of alkyl halides is 3. The highest BCUT2D eigenvalue weighted by molar-refractivity contribution is 14.0. The summed E-state index contributed by atoms with van der Waals surface area (Å²) in [6, 6.07) is 5.71. The van der Waals surface area contributed by atoms with Gasteiger partial charge in [0, 0.05) is 31.2 Å². The molecular formula is C17H24F3IN6S. The molecule has 0 saturated heterocycles. The maximum atomic E-state index is 12.6. The number of anilines is 1. The first-order chi connectivity index (χ1) is 13.0. The van der Waals surface area contributed by atoms with E-state index < -0.39 is 11.9 Å². The number of nitrogens with zero attached hydrogens (tertiary/aromatic N) is 3. The molecule has 2 aromatic rings. The van der Waals surface area contributed by atoms with Crippen LogP contribution in [0.1, 0.15) is 30.5 Å². The predicted molar refractivity (Wildman–Crippen MR) is 117 cm³/mol. The van der Waals surface area contributed by atoms with Crippen LogP contribution in [0.15, 0.2) is 34.8 Å². The van der Waals surface area contributed by atoms with Gasteiger partial charge in [-0.15, -0.1) is 35.3 Å². The third-order valence-electron chi connectivity index (χ3n) is 3.43. The van der Waals surface area contributed by atoms with Crippen molar-refractivity contribution in [3.63, 3.8) is 0 Å². The summed E-state index contributed by atoms with van der Waals surface area (Å²) in [5, 5.41) is 10.8. The fraction of sp³-hybridized carbons (Fsp3) is 0.471. The number of unbranched alkanes of at least 4 members (excludes halogenated alkanes) is 1. The van der Waals surface area contributed by atoms with Gasteiger partial charge in [0.25, 0.3) is 0 Å². The molecule has 2 rings (SSSR count). The second-order valence-corrected chi connectivity index (χ2v) is 6.54. The van der Waals surface area contributed by atoms with Crippen molar-refractivity contribution in [3.8, 4) is 0 Å². The Morgan fingerprint density at radius 1 is 1.18 bits per heavy atom. The molecule has 0 radical (unpaired) electrons. The topological polar surface area (TPSA) is 74.2 Å². The minimum absolute atomic E-state index is 0. The lowest BCUT2D eigenvalue weighted by molar-refractivity contribution is -0.140. The number of aliphatic imine (C=N–C) groups is 1. The van der Waals surface area contributed by atoms with E-state index in [0.29, 0.717) is 24.1 Å². The van der Waals surface area contributed by atoms with Crippen LogP contribution in [0.4, 0.5) is 19.0 Å². The summed E-state index contributed by atoms with van der Waals surface area (Å²) in [7, 11) is 0. The van der Waals surface area contributed by atoms with Crippen LogP contribution in [0.5, 0.6) is 0 Å². The van der Waals surface area contributed by atoms with Crippen LogP contribution in [0.3, 0.4) is 0 Å². The number of halogens is 4. The van der Waals surface area contributed by atoms with Gasteiger partial charge in [0.05, 0.1) is 6.54 Å². The summed E-state index contributed by atoms with van der Waals surface area (Å²) in [6.45, 7) is 4.22. The van der Waals surface area contributed by atoms with Crippen LogP contribution in [-0.2, 0) is 12.7 Å². The van der Waals surface area contributed by atoms with Gasteiger partial charge in [-0.05, 0) is 31.9 Å². The van der Waals surface area contributed by atoms with Gasteiger partial charge in [0.2, 0.25) is 0 Å². The number of hydrogen-bond acceptors (Lipinski definition) is 5. The first-order valence-corrected chi connectivity index (χ1v) is 9.55. The van der Waals surface area contributed by atoms with E-state index in [1.54, 1.807) is 6.20 Å². The van der Waals surface area contributed by atoms with E-state index in [0.717, 1.165) is 41.9 Å². The van der Waals surface area contributed by atoms with Crippen LogP contribution in [0, 0.1) is 0 Å². The normalized spacial score (nSPS) is 11.6. The van der Waals surface area contributed by atoms with Crippen LogP contribution in [-0.4, -0.2) is 35.6 Å². The third-order valence-corrected chi connectivity index (χ3v) is 4.26. The monoisotopic (exact) mass is 528 g/mol. The van der Waals surface area contributed by atoms with Crippen molar-refractivity contribution >= 4 is 47.1 Å². The van der Waals surface area contributed by atoms with E-state index in [1.807, 2.05) is 25.1 Å². The van der Waals surface area contributed by atoms with Crippen molar-refractivity contribution in [3.05, 3.63) is 40.5 Å². The number of guanidine groups is 1. The highest BCUT2D eigenvalue weighted by Gasteiger charge is 2.33. The third kappa shape index (κ3) is 9.04. The van der Waals surface area contributed by atoms with Crippen LogP contribution >= 0.6 is 35.3 Å². The Hall–Kier alpha value is -1.63. The Morgan fingerprint density at radius 2 is 1.96 bits per heavy atom. The van der Waals surface area contributed by atoms with E-state index in [-0.39, 0.29) is 30.5 Å². The highest BCUT2D eigenvalue weighted by Crippen LogP contribution is 2.30. The molecule has 2 heterocycles. The zero-order valence-corrected chi connectivity index (χ0v) is 18.6. The lowest BCUT2D eigenvalue weighted by Crippen LogP contribution is -2.37. The molecule has 0 spiro atoms. The smallest absolute Gasteiger partial charge is 0.370 e. The number of rotatable bonds is 9. The van der Waals surface area contributed by atoms with E-state index in [2.05, 4.69) is 30.9 Å². The maximum absolute atomic E-state index is 12.6. The van der Waals surface area contributed by atoms with Crippen molar-refractivity contribution in [2.75, 3.05) is 25.0 Å². The van der Waals surface area contributed by atoms with Crippen molar-refractivity contribution < 1.29 is 13.2 Å². The Kier molecular flexibility index (Phi) is 11.1. The summed E-state index contributed by atoms with van der Waals surface area (Å²) in [5.41, 5.74) is -0.865. The van der Waals surface area contributed by atoms with Gasteiger partial charge in [-0.1, -0.05) is 6.07 Å². The first-order valence-electron chi connectivity index (χ1n) is 8.67. The van der Waals surface area contributed by atoms with Gasteiger partial charge in [-0.3, -0.25) is 0 Å². The summed E-state index contributed by atoms with van der Waals surface area (Å²) in [5.74, 6) is 1.42. The Labute approximate surface area is 183 Å². The zero-order chi connectivity index (χ0) is 19.5. The molecule has 0 unspecified atom stereocenters. The average Bonchev–Trinajstić information content (AvgIpc) is 3.13. The van der Waals surface area contributed by atoms with Gasteiger partial charge >= 0.3 is 6.18 Å².